The summed E-state index contributed by atoms with van der Waals surface area (Å²) in [5.74, 6) is -0.603. The van der Waals surface area contributed by atoms with Crippen LogP contribution in [0.25, 0.3) is 10.8 Å². The summed E-state index contributed by atoms with van der Waals surface area (Å²) in [6.45, 7) is 8.31. The Bertz CT molecular complexity index is 1400. The van der Waals surface area contributed by atoms with E-state index in [2.05, 4.69) is 10.1 Å². The quantitative estimate of drug-likeness (QED) is 0.467. The van der Waals surface area contributed by atoms with Crippen LogP contribution < -0.4 is 27.4 Å². The third-order valence-electron chi connectivity index (χ3n) is 5.40. The molecule has 0 saturated heterocycles. The molecule has 1 aromatic carbocycles. The van der Waals surface area contributed by atoms with Gasteiger partial charge in [-0.25, -0.2) is 9.48 Å². The molecule has 11 nitrogen and oxygen atoms in total. The van der Waals surface area contributed by atoms with Gasteiger partial charge in [0.2, 0.25) is 0 Å². The third kappa shape index (κ3) is 5.35. The Morgan fingerprint density at radius 3 is 2.31 bits per heavy atom. The number of hydrogen-bond acceptors (Lipinski definition) is 7. The second-order valence-electron chi connectivity index (χ2n) is 9.22. The molecule has 11 heteroatoms. The largest absolute Gasteiger partial charge is 0.383 e. The van der Waals surface area contributed by atoms with E-state index in [0.717, 1.165) is 4.90 Å². The van der Waals surface area contributed by atoms with Crippen LogP contribution in [0.15, 0.2) is 38.6 Å². The highest BCUT2D eigenvalue weighted by molar-refractivity contribution is 6.13. The smallest absolute Gasteiger partial charge is 0.330 e. The molecule has 1 amide bonds. The molecule has 0 saturated carbocycles. The van der Waals surface area contributed by atoms with Crippen molar-refractivity contribution in [3.63, 3.8) is 0 Å². The lowest BCUT2D eigenvalue weighted by Crippen LogP contribution is -2.43. The van der Waals surface area contributed by atoms with E-state index in [1.54, 1.807) is 24.3 Å². The molecule has 0 atom stereocenters. The Morgan fingerprint density at radius 2 is 1.71 bits per heavy atom. The van der Waals surface area contributed by atoms with Crippen LogP contribution in [-0.2, 0) is 17.8 Å². The molecule has 0 radical (unpaired) electrons. The van der Waals surface area contributed by atoms with E-state index >= 15 is 0 Å². The van der Waals surface area contributed by atoms with Gasteiger partial charge < -0.3 is 10.5 Å². The van der Waals surface area contributed by atoms with Crippen LogP contribution in [0, 0.1) is 11.8 Å². The number of nitrogens with one attached hydrogen (secondary N) is 1. The molecule has 0 spiro atoms. The van der Waals surface area contributed by atoms with Gasteiger partial charge in [0.1, 0.15) is 5.82 Å². The van der Waals surface area contributed by atoms with Gasteiger partial charge in [-0.3, -0.25) is 28.8 Å². The van der Waals surface area contributed by atoms with Crippen molar-refractivity contribution >= 4 is 28.2 Å². The number of nitrogens with zero attached hydrogens (tertiary/aromatic N) is 4. The Labute approximate surface area is 202 Å². The van der Waals surface area contributed by atoms with E-state index in [9.17, 15) is 19.2 Å². The van der Waals surface area contributed by atoms with Gasteiger partial charge in [-0.2, -0.15) is 5.10 Å². The van der Waals surface area contributed by atoms with Gasteiger partial charge in [-0.1, -0.05) is 45.9 Å². The Kier molecular flexibility index (Phi) is 7.90. The molecule has 3 aromatic rings. The predicted octanol–water partition coefficient (Wildman–Crippen LogP) is 1.43. The zero-order valence-corrected chi connectivity index (χ0v) is 20.7. The minimum absolute atomic E-state index is 0.00244. The van der Waals surface area contributed by atoms with E-state index < -0.39 is 17.2 Å². The summed E-state index contributed by atoms with van der Waals surface area (Å²) in [6.07, 6.45) is 0. The maximum atomic E-state index is 13.9. The maximum Gasteiger partial charge on any atom is 0.330 e. The van der Waals surface area contributed by atoms with Crippen molar-refractivity contribution in [1.29, 1.82) is 0 Å². The molecular formula is C24H32N6O5. The van der Waals surface area contributed by atoms with E-state index in [1.165, 1.54) is 16.4 Å². The molecule has 0 unspecified atom stereocenters. The summed E-state index contributed by atoms with van der Waals surface area (Å²) in [5, 5.41) is 5.09. The fraction of sp³-hybridized carbons (Fsp3) is 0.458. The van der Waals surface area contributed by atoms with E-state index in [-0.39, 0.29) is 54.3 Å². The van der Waals surface area contributed by atoms with Crippen LogP contribution in [0.4, 0.5) is 11.5 Å². The number of aromatic amines is 1. The fourth-order valence-corrected chi connectivity index (χ4v) is 3.87. The average Bonchev–Trinajstić information content (AvgIpc) is 2.79. The summed E-state index contributed by atoms with van der Waals surface area (Å²) >= 11 is 0. The highest BCUT2D eigenvalue weighted by atomic mass is 16.5. The van der Waals surface area contributed by atoms with Crippen LogP contribution >= 0.6 is 0 Å². The number of nitrogen functional groups attached to an aromatic ring is 1. The first-order valence-corrected chi connectivity index (χ1v) is 11.5. The normalized spacial score (nSPS) is 11.5. The Morgan fingerprint density at radius 1 is 1.09 bits per heavy atom. The first kappa shape index (κ1) is 25.9. The topological polar surface area (TPSA) is 145 Å². The van der Waals surface area contributed by atoms with Crippen molar-refractivity contribution in [1.82, 2.24) is 19.3 Å². The zero-order valence-electron chi connectivity index (χ0n) is 20.7. The summed E-state index contributed by atoms with van der Waals surface area (Å²) in [7, 11) is 1.46. The number of ether oxygens (including phenoxy) is 1. The number of rotatable bonds is 9. The van der Waals surface area contributed by atoms with Crippen molar-refractivity contribution in [3.05, 3.63) is 61.2 Å². The van der Waals surface area contributed by atoms with Crippen molar-refractivity contribution in [2.45, 2.75) is 40.8 Å². The summed E-state index contributed by atoms with van der Waals surface area (Å²) < 4.78 is 7.67. The van der Waals surface area contributed by atoms with Crippen molar-refractivity contribution < 1.29 is 9.53 Å². The van der Waals surface area contributed by atoms with Crippen molar-refractivity contribution in [2.75, 3.05) is 30.9 Å². The molecule has 0 fully saturated rings. The first-order valence-electron chi connectivity index (χ1n) is 11.5. The van der Waals surface area contributed by atoms with Gasteiger partial charge in [0, 0.05) is 32.1 Å². The standard InChI is InChI=1S/C24H32N6O5/c1-14(2)12-29-20(25)19(21(31)26-24(29)34)28(10-11-35-5)23(33)18-16-8-6-7-9-17(16)22(32)30(27-18)13-15(3)4/h6-9,14-15H,10-13,25H2,1-5H3,(H,26,31,34). The number of benzene rings is 1. The number of nitrogens with two attached hydrogens (primary N) is 1. The van der Waals surface area contributed by atoms with Gasteiger partial charge in [0.15, 0.2) is 11.4 Å². The molecule has 2 heterocycles. The molecule has 0 aliphatic carbocycles. The minimum atomic E-state index is -0.795. The highest BCUT2D eigenvalue weighted by Crippen LogP contribution is 2.22. The Balaban J connectivity index is 2.28. The van der Waals surface area contributed by atoms with Gasteiger partial charge in [0.25, 0.3) is 17.0 Å². The van der Waals surface area contributed by atoms with Gasteiger partial charge >= 0.3 is 5.69 Å². The summed E-state index contributed by atoms with van der Waals surface area (Å²) in [4.78, 5) is 55.7. The number of aromatic nitrogens is 4. The fourth-order valence-electron chi connectivity index (χ4n) is 3.87. The molecule has 188 valence electrons. The summed E-state index contributed by atoms with van der Waals surface area (Å²) in [5.41, 5.74) is 4.36. The molecule has 3 N–H and O–H groups in total. The summed E-state index contributed by atoms with van der Waals surface area (Å²) in [6, 6.07) is 6.69. The van der Waals surface area contributed by atoms with E-state index in [4.69, 9.17) is 10.5 Å². The van der Waals surface area contributed by atoms with Crippen LogP contribution in [-0.4, -0.2) is 45.5 Å². The first-order chi connectivity index (χ1) is 16.6. The van der Waals surface area contributed by atoms with E-state index in [1.807, 2.05) is 27.7 Å². The second-order valence-corrected chi connectivity index (χ2v) is 9.22. The zero-order chi connectivity index (χ0) is 25.9. The molecule has 0 aliphatic heterocycles. The molecule has 3 rings (SSSR count). The van der Waals surface area contributed by atoms with E-state index in [0.29, 0.717) is 17.3 Å². The number of fused-ring (bicyclic) bond motifs is 1. The second kappa shape index (κ2) is 10.7. The molecule has 0 aliphatic rings. The van der Waals surface area contributed by atoms with Crippen molar-refractivity contribution in [2.24, 2.45) is 11.8 Å². The van der Waals surface area contributed by atoms with Crippen LogP contribution in [0.2, 0.25) is 0 Å². The number of carbonyl (C=O) groups is 1. The number of hydrogen-bond donors (Lipinski definition) is 2. The third-order valence-corrected chi connectivity index (χ3v) is 5.40. The Hall–Kier alpha value is -3.73. The lowest BCUT2D eigenvalue weighted by atomic mass is 10.1. The molecular weight excluding hydrogens is 452 g/mol. The van der Waals surface area contributed by atoms with Crippen LogP contribution in [0.1, 0.15) is 38.2 Å². The maximum absolute atomic E-state index is 13.9. The SMILES string of the molecule is COCCN(C(=O)c1nn(CC(C)C)c(=O)c2ccccc12)c1c(N)n(CC(C)C)c(=O)[nH]c1=O. The number of methoxy groups -OCH3 is 1. The van der Waals surface area contributed by atoms with Crippen LogP contribution in [0.5, 0.6) is 0 Å². The number of anilines is 2. The minimum Gasteiger partial charge on any atom is -0.383 e. The lowest BCUT2D eigenvalue weighted by Gasteiger charge is -2.25. The average molecular weight is 485 g/mol. The molecule has 0 bridgehead atoms. The van der Waals surface area contributed by atoms with Gasteiger partial charge in [-0.15, -0.1) is 0 Å². The van der Waals surface area contributed by atoms with Crippen molar-refractivity contribution in [3.8, 4) is 0 Å². The van der Waals surface area contributed by atoms with Gasteiger partial charge in [-0.05, 0) is 17.9 Å². The number of carbonyl (C=O) groups excluding carboxylic acids is 1. The van der Waals surface area contributed by atoms with Crippen LogP contribution in [0.3, 0.4) is 0 Å². The monoisotopic (exact) mass is 484 g/mol. The number of amides is 1. The lowest BCUT2D eigenvalue weighted by molar-refractivity contribution is 0.0970. The molecule has 2 aromatic heterocycles. The predicted molar refractivity (Wildman–Crippen MR) is 135 cm³/mol. The molecule has 35 heavy (non-hydrogen) atoms. The number of H-pyrrole nitrogens is 1. The highest BCUT2D eigenvalue weighted by Gasteiger charge is 2.28. The van der Waals surface area contributed by atoms with Gasteiger partial charge in [0.05, 0.1) is 12.0 Å².